The third-order valence-corrected chi connectivity index (χ3v) is 4.26. The van der Waals surface area contributed by atoms with Crippen LogP contribution in [0.4, 0.5) is 11.5 Å². The molecular formula is C21H19ClN4O2. The molecule has 142 valence electrons. The lowest BCUT2D eigenvalue weighted by Crippen LogP contribution is -2.15. The van der Waals surface area contributed by atoms with Crippen LogP contribution in [0, 0.1) is 0 Å². The van der Waals surface area contributed by atoms with E-state index in [-0.39, 0.29) is 11.5 Å². The van der Waals surface area contributed by atoms with E-state index in [1.807, 2.05) is 24.3 Å². The lowest BCUT2D eigenvalue weighted by Gasteiger charge is -2.08. The van der Waals surface area contributed by atoms with Crippen molar-refractivity contribution in [2.45, 2.75) is 13.3 Å². The highest BCUT2D eigenvalue weighted by atomic mass is 35.5. The molecule has 0 atom stereocenters. The van der Waals surface area contributed by atoms with Gasteiger partial charge in [0.1, 0.15) is 11.5 Å². The van der Waals surface area contributed by atoms with Crippen molar-refractivity contribution in [3.05, 3.63) is 82.8 Å². The van der Waals surface area contributed by atoms with Gasteiger partial charge in [-0.2, -0.15) is 0 Å². The monoisotopic (exact) mass is 394 g/mol. The number of aromatic nitrogens is 2. The number of rotatable bonds is 7. The fourth-order valence-corrected chi connectivity index (χ4v) is 2.79. The zero-order valence-electron chi connectivity index (χ0n) is 15.3. The van der Waals surface area contributed by atoms with Gasteiger partial charge in [-0.15, -0.1) is 0 Å². The van der Waals surface area contributed by atoms with Gasteiger partial charge in [0, 0.05) is 22.8 Å². The number of benzene rings is 2. The van der Waals surface area contributed by atoms with E-state index in [0.29, 0.717) is 28.6 Å². The Morgan fingerprint density at radius 2 is 1.86 bits per heavy atom. The van der Waals surface area contributed by atoms with Crippen molar-refractivity contribution >= 4 is 34.8 Å². The summed E-state index contributed by atoms with van der Waals surface area (Å²) in [6.07, 6.45) is 3.71. The van der Waals surface area contributed by atoms with E-state index in [4.69, 9.17) is 11.6 Å². The molecule has 0 spiro atoms. The second kappa shape index (κ2) is 9.10. The van der Waals surface area contributed by atoms with Gasteiger partial charge in [-0.1, -0.05) is 35.9 Å². The summed E-state index contributed by atoms with van der Waals surface area (Å²) in [5, 5.41) is 6.59. The number of anilines is 2. The number of carbonyl (C=O) groups is 2. The van der Waals surface area contributed by atoms with Crippen molar-refractivity contribution in [2.24, 2.45) is 0 Å². The molecule has 0 aliphatic rings. The maximum absolute atomic E-state index is 12.3. The van der Waals surface area contributed by atoms with Crippen LogP contribution in [-0.4, -0.2) is 28.2 Å². The molecule has 0 saturated carbocycles. The van der Waals surface area contributed by atoms with Crippen LogP contribution in [0.15, 0.2) is 60.9 Å². The lowest BCUT2D eigenvalue weighted by atomic mass is 10.1. The van der Waals surface area contributed by atoms with Gasteiger partial charge in [0.05, 0.1) is 12.4 Å². The van der Waals surface area contributed by atoms with E-state index in [2.05, 4.69) is 20.6 Å². The largest absolute Gasteiger partial charge is 0.368 e. The summed E-state index contributed by atoms with van der Waals surface area (Å²) in [6.45, 7) is 2.14. The highest BCUT2D eigenvalue weighted by Gasteiger charge is 2.09. The normalized spacial score (nSPS) is 10.4. The molecule has 1 aromatic heterocycles. The Labute approximate surface area is 168 Å². The highest BCUT2D eigenvalue weighted by Crippen LogP contribution is 2.13. The number of amides is 1. The Bertz CT molecular complexity index is 990. The van der Waals surface area contributed by atoms with Crippen LogP contribution < -0.4 is 10.6 Å². The Kier molecular flexibility index (Phi) is 6.34. The van der Waals surface area contributed by atoms with Crippen LogP contribution in [0.1, 0.15) is 33.3 Å². The first-order valence-corrected chi connectivity index (χ1v) is 9.12. The summed E-state index contributed by atoms with van der Waals surface area (Å²) < 4.78 is 0. The van der Waals surface area contributed by atoms with E-state index < -0.39 is 5.91 Å². The van der Waals surface area contributed by atoms with Gasteiger partial charge in [-0.05, 0) is 43.2 Å². The van der Waals surface area contributed by atoms with Crippen molar-refractivity contribution < 1.29 is 9.59 Å². The minimum atomic E-state index is -0.390. The minimum Gasteiger partial charge on any atom is -0.368 e. The number of nitrogens with zero attached hydrogens (tertiary/aromatic N) is 2. The van der Waals surface area contributed by atoms with Crippen LogP contribution in [0.2, 0.25) is 5.02 Å². The number of halogens is 1. The van der Waals surface area contributed by atoms with Crippen molar-refractivity contribution in [2.75, 3.05) is 17.2 Å². The summed E-state index contributed by atoms with van der Waals surface area (Å²) in [5.41, 5.74) is 2.37. The Hall–Kier alpha value is -3.25. The fourth-order valence-electron chi connectivity index (χ4n) is 2.58. The summed E-state index contributed by atoms with van der Waals surface area (Å²) in [4.78, 5) is 32.1. The van der Waals surface area contributed by atoms with Gasteiger partial charge in [0.2, 0.25) is 0 Å². The van der Waals surface area contributed by atoms with Crippen LogP contribution in [0.3, 0.4) is 0 Å². The lowest BCUT2D eigenvalue weighted by molar-refractivity contribution is 0.100. The van der Waals surface area contributed by atoms with Crippen LogP contribution >= 0.6 is 11.6 Å². The summed E-state index contributed by atoms with van der Waals surface area (Å²) >= 11 is 5.97. The summed E-state index contributed by atoms with van der Waals surface area (Å²) in [6, 6.07) is 14.4. The molecule has 6 nitrogen and oxygen atoms in total. The smallest absolute Gasteiger partial charge is 0.275 e. The van der Waals surface area contributed by atoms with E-state index in [1.54, 1.807) is 24.3 Å². The average Bonchev–Trinajstić information content (AvgIpc) is 2.69. The molecule has 0 radical (unpaired) electrons. The Morgan fingerprint density at radius 1 is 1.04 bits per heavy atom. The van der Waals surface area contributed by atoms with Crippen LogP contribution in [0.5, 0.6) is 0 Å². The Morgan fingerprint density at radius 3 is 2.57 bits per heavy atom. The van der Waals surface area contributed by atoms with E-state index in [9.17, 15) is 9.59 Å². The summed E-state index contributed by atoms with van der Waals surface area (Å²) in [7, 11) is 0. The molecule has 0 saturated heterocycles. The first kappa shape index (κ1) is 19.5. The minimum absolute atomic E-state index is 0.0657. The molecule has 1 amide bonds. The number of ketones is 1. The molecule has 2 aromatic carbocycles. The van der Waals surface area contributed by atoms with Crippen LogP contribution in [-0.2, 0) is 6.42 Å². The number of nitrogens with one attached hydrogen (secondary N) is 2. The third kappa shape index (κ3) is 5.37. The molecule has 2 N–H and O–H groups in total. The van der Waals surface area contributed by atoms with E-state index >= 15 is 0 Å². The molecule has 1 heterocycles. The first-order valence-electron chi connectivity index (χ1n) is 8.74. The molecule has 3 aromatic rings. The number of Topliss-reactive ketones (excluding diaryl/α,β-unsaturated/α-hetero) is 1. The predicted octanol–water partition coefficient (Wildman–Crippen LogP) is 4.24. The van der Waals surface area contributed by atoms with Crippen molar-refractivity contribution in [1.29, 1.82) is 0 Å². The number of hydrogen-bond donors (Lipinski definition) is 2. The molecule has 0 unspecified atom stereocenters. The molecule has 0 aliphatic heterocycles. The third-order valence-electron chi connectivity index (χ3n) is 4.02. The number of hydrogen-bond acceptors (Lipinski definition) is 5. The maximum atomic E-state index is 12.3. The quantitative estimate of drug-likeness (QED) is 0.585. The van der Waals surface area contributed by atoms with Crippen LogP contribution in [0.25, 0.3) is 0 Å². The maximum Gasteiger partial charge on any atom is 0.275 e. The second-order valence-electron chi connectivity index (χ2n) is 6.18. The van der Waals surface area contributed by atoms with Gasteiger partial charge >= 0.3 is 0 Å². The molecule has 0 bridgehead atoms. The average molecular weight is 395 g/mol. The van der Waals surface area contributed by atoms with Crippen molar-refractivity contribution in [1.82, 2.24) is 9.97 Å². The zero-order valence-corrected chi connectivity index (χ0v) is 16.0. The molecule has 0 aliphatic carbocycles. The van der Waals surface area contributed by atoms with Crippen molar-refractivity contribution in [3.63, 3.8) is 0 Å². The van der Waals surface area contributed by atoms with Crippen molar-refractivity contribution in [3.8, 4) is 0 Å². The second-order valence-corrected chi connectivity index (χ2v) is 6.62. The fraction of sp³-hybridized carbons (Fsp3) is 0.143. The van der Waals surface area contributed by atoms with Gasteiger partial charge in [-0.3, -0.25) is 9.59 Å². The predicted molar refractivity (Wildman–Crippen MR) is 110 cm³/mol. The zero-order chi connectivity index (χ0) is 19.9. The first-order chi connectivity index (χ1) is 13.5. The topological polar surface area (TPSA) is 84.0 Å². The highest BCUT2D eigenvalue weighted by molar-refractivity contribution is 6.30. The van der Waals surface area contributed by atoms with Gasteiger partial charge < -0.3 is 10.6 Å². The molecule has 28 heavy (non-hydrogen) atoms. The van der Waals surface area contributed by atoms with E-state index in [0.717, 1.165) is 12.0 Å². The standard InChI is InChI=1S/C21H19ClN4O2/c1-14(27)16-5-3-7-18(11-16)26-21(28)19-12-25-20(13-24-19)23-9-8-15-4-2-6-17(22)10-15/h2-7,10-13H,8-9H2,1H3,(H,23,25)(H,26,28). The molecule has 3 rings (SSSR count). The van der Waals surface area contributed by atoms with E-state index in [1.165, 1.54) is 19.3 Å². The SMILES string of the molecule is CC(=O)c1cccc(NC(=O)c2cnc(NCCc3cccc(Cl)c3)cn2)c1. The molecule has 7 heteroatoms. The molecular weight excluding hydrogens is 376 g/mol. The number of carbonyl (C=O) groups excluding carboxylic acids is 2. The molecule has 0 fully saturated rings. The van der Waals surface area contributed by atoms with Gasteiger partial charge in [-0.25, -0.2) is 9.97 Å². The summed E-state index contributed by atoms with van der Waals surface area (Å²) in [5.74, 6) is 0.125. The Balaban J connectivity index is 1.55. The van der Waals surface area contributed by atoms with Gasteiger partial charge in [0.15, 0.2) is 5.78 Å². The van der Waals surface area contributed by atoms with Gasteiger partial charge in [0.25, 0.3) is 5.91 Å².